The Morgan fingerprint density at radius 3 is 0.821 bits per heavy atom. The van der Waals surface area contributed by atoms with E-state index in [1.54, 1.807) is 0 Å². The van der Waals surface area contributed by atoms with Crippen LogP contribution in [0.3, 0.4) is 0 Å². The van der Waals surface area contributed by atoms with Crippen LogP contribution in [-0.4, -0.2) is 12.1 Å². The summed E-state index contributed by atoms with van der Waals surface area (Å²) in [6.45, 7) is 4.49. The highest BCUT2D eigenvalue weighted by Crippen LogP contribution is 2.61. The van der Waals surface area contributed by atoms with Gasteiger partial charge < -0.3 is 11.5 Å². The molecule has 8 bridgehead atoms. The number of nitrogens with two attached hydrogens (primary N) is 2. The molecule has 2 nitrogen and oxygen atoms in total. The maximum absolute atomic E-state index is 6.19. The topological polar surface area (TPSA) is 52.0 Å². The summed E-state index contributed by atoms with van der Waals surface area (Å²) in [4.78, 5) is 0. The van der Waals surface area contributed by atoms with Crippen LogP contribution in [0, 0.1) is 46.3 Å². The third-order valence-electron chi connectivity index (χ3n) is 10.1. The fourth-order valence-electron chi connectivity index (χ4n) is 9.47. The lowest BCUT2D eigenvalue weighted by Crippen LogP contribution is -2.53. The molecule has 0 spiro atoms. The highest BCUT2D eigenvalue weighted by Gasteiger charge is 2.53. The summed E-state index contributed by atoms with van der Waals surface area (Å²) in [5.74, 6) is 6.32. The van der Waals surface area contributed by atoms with Crippen molar-refractivity contribution in [2.75, 3.05) is 0 Å². The second-order valence-electron chi connectivity index (χ2n) is 12.1. The minimum Gasteiger partial charge on any atom is -0.327 e. The molecule has 4 heteroatoms. The quantitative estimate of drug-likeness (QED) is 0.568. The highest BCUT2D eigenvalue weighted by atomic mass is 35.5. The Hall–Kier alpha value is 0.500. The van der Waals surface area contributed by atoms with Crippen molar-refractivity contribution >= 4 is 24.8 Å². The summed E-state index contributed by atoms with van der Waals surface area (Å²) < 4.78 is 0. The standard InChI is InChI=1S/2C12H21N.2ClH/c2*1-8(13)12-5-9-2-10(6-12)4-11(3-9)7-12;;/h2*8-11H,2-7,13H2,1H3;2*1H. The summed E-state index contributed by atoms with van der Waals surface area (Å²) in [7, 11) is 0. The van der Waals surface area contributed by atoms with Gasteiger partial charge in [-0.1, -0.05) is 0 Å². The van der Waals surface area contributed by atoms with E-state index in [-0.39, 0.29) is 24.8 Å². The van der Waals surface area contributed by atoms with Gasteiger partial charge in [-0.15, -0.1) is 24.8 Å². The molecule has 164 valence electrons. The van der Waals surface area contributed by atoms with Gasteiger partial charge in [0.1, 0.15) is 0 Å². The normalized spacial score (nSPS) is 51.4. The third-order valence-corrected chi connectivity index (χ3v) is 10.1. The molecule has 0 aliphatic heterocycles. The molecule has 8 fully saturated rings. The van der Waals surface area contributed by atoms with Crippen LogP contribution in [0.4, 0.5) is 0 Å². The Balaban J connectivity index is 0.000000150. The van der Waals surface area contributed by atoms with Crippen LogP contribution in [0.5, 0.6) is 0 Å². The molecule has 8 aliphatic carbocycles. The molecular weight excluding hydrogens is 387 g/mol. The van der Waals surface area contributed by atoms with Crippen molar-refractivity contribution in [1.29, 1.82) is 0 Å². The predicted octanol–water partition coefficient (Wildman–Crippen LogP) is 5.94. The van der Waals surface area contributed by atoms with Crippen LogP contribution in [0.1, 0.15) is 90.9 Å². The van der Waals surface area contributed by atoms with Crippen LogP contribution in [-0.2, 0) is 0 Å². The van der Waals surface area contributed by atoms with E-state index < -0.39 is 0 Å². The molecule has 0 saturated heterocycles. The third kappa shape index (κ3) is 3.90. The number of hydrogen-bond donors (Lipinski definition) is 2. The number of hydrogen-bond acceptors (Lipinski definition) is 2. The van der Waals surface area contributed by atoms with E-state index in [0.717, 1.165) is 35.5 Å². The molecule has 4 N–H and O–H groups in total. The second-order valence-corrected chi connectivity index (χ2v) is 12.1. The lowest BCUT2D eigenvalue weighted by Gasteiger charge is -2.58. The smallest absolute Gasteiger partial charge is 0.00673 e. The summed E-state index contributed by atoms with van der Waals surface area (Å²) in [5, 5.41) is 0. The zero-order chi connectivity index (χ0) is 18.1. The summed E-state index contributed by atoms with van der Waals surface area (Å²) in [5.41, 5.74) is 13.5. The molecule has 0 aromatic heterocycles. The van der Waals surface area contributed by atoms with Gasteiger partial charge in [0.2, 0.25) is 0 Å². The molecule has 2 atom stereocenters. The van der Waals surface area contributed by atoms with E-state index in [4.69, 9.17) is 11.5 Å². The van der Waals surface area contributed by atoms with Crippen molar-refractivity contribution < 1.29 is 0 Å². The fourth-order valence-corrected chi connectivity index (χ4v) is 9.47. The first-order valence-electron chi connectivity index (χ1n) is 11.9. The Labute approximate surface area is 185 Å². The van der Waals surface area contributed by atoms with Gasteiger partial charge in [-0.05, 0) is 137 Å². The van der Waals surface area contributed by atoms with E-state index in [2.05, 4.69) is 13.8 Å². The molecule has 0 aromatic carbocycles. The lowest BCUT2D eigenvalue weighted by molar-refractivity contribution is -0.0638. The van der Waals surface area contributed by atoms with Gasteiger partial charge in [-0.3, -0.25) is 0 Å². The van der Waals surface area contributed by atoms with Crippen molar-refractivity contribution in [3.63, 3.8) is 0 Å². The molecule has 0 aromatic rings. The van der Waals surface area contributed by atoms with Crippen molar-refractivity contribution in [3.05, 3.63) is 0 Å². The zero-order valence-electron chi connectivity index (χ0n) is 18.1. The van der Waals surface area contributed by atoms with Gasteiger partial charge >= 0.3 is 0 Å². The monoisotopic (exact) mass is 430 g/mol. The fraction of sp³-hybridized carbons (Fsp3) is 1.00. The number of rotatable bonds is 2. The van der Waals surface area contributed by atoms with Crippen LogP contribution in [0.25, 0.3) is 0 Å². The first kappa shape index (κ1) is 23.2. The molecule has 0 radical (unpaired) electrons. The molecule has 28 heavy (non-hydrogen) atoms. The van der Waals surface area contributed by atoms with Gasteiger partial charge in [0.05, 0.1) is 0 Å². The van der Waals surface area contributed by atoms with Crippen molar-refractivity contribution in [2.24, 2.45) is 57.8 Å². The van der Waals surface area contributed by atoms with E-state index in [1.165, 1.54) is 77.0 Å². The number of halogens is 2. The molecule has 8 rings (SSSR count). The maximum atomic E-state index is 6.19. The average Bonchev–Trinajstić information content (AvgIpc) is 2.52. The van der Waals surface area contributed by atoms with Crippen LogP contribution >= 0.6 is 24.8 Å². The minimum atomic E-state index is 0. The summed E-state index contributed by atoms with van der Waals surface area (Å²) in [6.07, 6.45) is 17.9. The molecule has 0 heterocycles. The van der Waals surface area contributed by atoms with E-state index in [9.17, 15) is 0 Å². The molecule has 0 amide bonds. The lowest BCUT2D eigenvalue weighted by atomic mass is 9.48. The van der Waals surface area contributed by atoms with Crippen LogP contribution in [0.2, 0.25) is 0 Å². The predicted molar refractivity (Wildman–Crippen MR) is 123 cm³/mol. The van der Waals surface area contributed by atoms with Crippen LogP contribution in [0.15, 0.2) is 0 Å². The van der Waals surface area contributed by atoms with Gasteiger partial charge in [-0.2, -0.15) is 0 Å². The second kappa shape index (κ2) is 8.21. The van der Waals surface area contributed by atoms with Gasteiger partial charge in [-0.25, -0.2) is 0 Å². The van der Waals surface area contributed by atoms with Crippen molar-refractivity contribution in [2.45, 2.75) is 103 Å². The Kier molecular flexibility index (Phi) is 6.79. The first-order chi connectivity index (χ1) is 12.4. The Bertz CT molecular complexity index is 426. The van der Waals surface area contributed by atoms with Crippen LogP contribution < -0.4 is 11.5 Å². The maximum Gasteiger partial charge on any atom is 0.00673 e. The van der Waals surface area contributed by atoms with Gasteiger partial charge in [0, 0.05) is 12.1 Å². The molecule has 2 unspecified atom stereocenters. The zero-order valence-corrected chi connectivity index (χ0v) is 19.7. The van der Waals surface area contributed by atoms with E-state index in [1.807, 2.05) is 0 Å². The largest absolute Gasteiger partial charge is 0.327 e. The Morgan fingerprint density at radius 1 is 0.500 bits per heavy atom. The summed E-state index contributed by atoms with van der Waals surface area (Å²) in [6, 6.07) is 0.891. The van der Waals surface area contributed by atoms with E-state index in [0.29, 0.717) is 22.9 Å². The van der Waals surface area contributed by atoms with E-state index >= 15 is 0 Å². The van der Waals surface area contributed by atoms with Crippen molar-refractivity contribution in [1.82, 2.24) is 0 Å². The molecule has 8 saturated carbocycles. The average molecular weight is 432 g/mol. The highest BCUT2D eigenvalue weighted by molar-refractivity contribution is 5.85. The Morgan fingerprint density at radius 2 is 0.679 bits per heavy atom. The van der Waals surface area contributed by atoms with Crippen molar-refractivity contribution in [3.8, 4) is 0 Å². The van der Waals surface area contributed by atoms with Gasteiger partial charge in [0.15, 0.2) is 0 Å². The van der Waals surface area contributed by atoms with Gasteiger partial charge in [0.25, 0.3) is 0 Å². The molecular formula is C24H44Cl2N2. The summed E-state index contributed by atoms with van der Waals surface area (Å²) >= 11 is 0. The first-order valence-corrected chi connectivity index (χ1v) is 11.9. The SMILES string of the molecule is CC(N)C12CC3CC(CC(C3)C1)C2.CC(N)C12CC3CC(CC(C3)C1)C2.Cl.Cl. The molecule has 8 aliphatic rings. The minimum absolute atomic E-state index is 0.